The molecule has 3 nitrogen and oxygen atoms in total. The number of nitrogen functional groups attached to an aromatic ring is 1. The zero-order valence-corrected chi connectivity index (χ0v) is 12.4. The second-order valence-electron chi connectivity index (χ2n) is 5.79. The van der Waals surface area contributed by atoms with E-state index in [1.165, 1.54) is 37.8 Å². The van der Waals surface area contributed by atoms with Crippen LogP contribution >= 0.6 is 0 Å². The average molecular weight is 271 g/mol. The molecule has 0 radical (unpaired) electrons. The molecule has 0 bridgehead atoms. The highest BCUT2D eigenvalue weighted by Gasteiger charge is 2.17. The van der Waals surface area contributed by atoms with Crippen LogP contribution in [0.2, 0.25) is 0 Å². The molecule has 0 amide bonds. The molecule has 3 heteroatoms. The van der Waals surface area contributed by atoms with Crippen molar-refractivity contribution in [2.24, 2.45) is 5.92 Å². The molecular weight excluding hydrogens is 246 g/mol. The summed E-state index contributed by atoms with van der Waals surface area (Å²) in [6.07, 6.45) is 6.94. The SMILES string of the molecule is CCCC1CCCN(c2ccc(N)c(CC#N)c2)CC1. The minimum Gasteiger partial charge on any atom is -0.398 e. The summed E-state index contributed by atoms with van der Waals surface area (Å²) in [5.74, 6) is 0.886. The Balaban J connectivity index is 2.08. The number of hydrogen-bond acceptors (Lipinski definition) is 3. The van der Waals surface area contributed by atoms with Crippen molar-refractivity contribution in [2.75, 3.05) is 23.7 Å². The van der Waals surface area contributed by atoms with Gasteiger partial charge in [0, 0.05) is 24.5 Å². The Morgan fingerprint density at radius 1 is 1.35 bits per heavy atom. The molecule has 1 aliphatic rings. The number of benzene rings is 1. The number of anilines is 2. The highest BCUT2D eigenvalue weighted by Crippen LogP contribution is 2.27. The molecule has 1 heterocycles. The molecule has 2 rings (SSSR count). The maximum Gasteiger partial charge on any atom is 0.0670 e. The number of rotatable bonds is 4. The topological polar surface area (TPSA) is 53.0 Å². The van der Waals surface area contributed by atoms with Crippen molar-refractivity contribution in [2.45, 2.75) is 45.4 Å². The third-order valence-electron chi connectivity index (χ3n) is 4.31. The molecule has 0 spiro atoms. The van der Waals surface area contributed by atoms with Gasteiger partial charge in [0.15, 0.2) is 0 Å². The summed E-state index contributed by atoms with van der Waals surface area (Å²) in [6, 6.07) is 8.32. The summed E-state index contributed by atoms with van der Waals surface area (Å²) in [4.78, 5) is 2.45. The molecule has 2 N–H and O–H groups in total. The van der Waals surface area contributed by atoms with Crippen molar-refractivity contribution in [3.8, 4) is 6.07 Å². The molecule has 1 fully saturated rings. The van der Waals surface area contributed by atoms with Crippen molar-refractivity contribution >= 4 is 11.4 Å². The predicted molar refractivity (Wildman–Crippen MR) is 84.6 cm³/mol. The Morgan fingerprint density at radius 2 is 2.20 bits per heavy atom. The van der Waals surface area contributed by atoms with Crippen LogP contribution in [0, 0.1) is 17.2 Å². The van der Waals surface area contributed by atoms with Crippen molar-refractivity contribution in [3.05, 3.63) is 23.8 Å². The first-order valence-corrected chi connectivity index (χ1v) is 7.75. The van der Waals surface area contributed by atoms with Crippen molar-refractivity contribution in [1.29, 1.82) is 5.26 Å². The van der Waals surface area contributed by atoms with E-state index in [2.05, 4.69) is 30.0 Å². The lowest BCUT2D eigenvalue weighted by molar-refractivity contribution is 0.435. The monoisotopic (exact) mass is 271 g/mol. The largest absolute Gasteiger partial charge is 0.398 e. The van der Waals surface area contributed by atoms with Crippen molar-refractivity contribution in [3.63, 3.8) is 0 Å². The summed E-state index contributed by atoms with van der Waals surface area (Å²) < 4.78 is 0. The molecule has 108 valence electrons. The summed E-state index contributed by atoms with van der Waals surface area (Å²) in [5, 5.41) is 8.86. The fourth-order valence-electron chi connectivity index (χ4n) is 3.15. The molecule has 1 atom stereocenters. The molecule has 1 aromatic rings. The lowest BCUT2D eigenvalue weighted by atomic mass is 9.96. The smallest absolute Gasteiger partial charge is 0.0670 e. The first kappa shape index (κ1) is 14.7. The van der Waals surface area contributed by atoms with Gasteiger partial charge < -0.3 is 10.6 Å². The molecule has 1 unspecified atom stereocenters. The van der Waals surface area contributed by atoms with Crippen LogP contribution in [0.1, 0.15) is 44.6 Å². The van der Waals surface area contributed by atoms with E-state index in [1.54, 1.807) is 0 Å². The standard InChI is InChI=1S/C17H25N3/c1-2-4-14-5-3-11-20(12-9-14)16-6-7-17(19)15(13-16)8-10-18/h6-7,13-14H,2-5,8-9,11-12,19H2,1H3. The first-order chi connectivity index (χ1) is 9.74. The summed E-state index contributed by atoms with van der Waals surface area (Å²) in [5.41, 5.74) is 8.84. The lowest BCUT2D eigenvalue weighted by Crippen LogP contribution is -2.24. The van der Waals surface area contributed by atoms with E-state index < -0.39 is 0 Å². The van der Waals surface area contributed by atoms with Crippen molar-refractivity contribution in [1.82, 2.24) is 0 Å². The summed E-state index contributed by atoms with van der Waals surface area (Å²) in [6.45, 7) is 4.52. The highest BCUT2D eigenvalue weighted by atomic mass is 15.1. The Morgan fingerprint density at radius 3 is 2.95 bits per heavy atom. The van der Waals surface area contributed by atoms with E-state index in [4.69, 9.17) is 11.0 Å². The Labute approximate surface area is 122 Å². The molecule has 20 heavy (non-hydrogen) atoms. The predicted octanol–water partition coefficient (Wildman–Crippen LogP) is 3.74. The zero-order chi connectivity index (χ0) is 14.4. The van der Waals surface area contributed by atoms with E-state index in [1.807, 2.05) is 6.07 Å². The zero-order valence-electron chi connectivity index (χ0n) is 12.4. The second-order valence-corrected chi connectivity index (χ2v) is 5.79. The van der Waals surface area contributed by atoms with Gasteiger partial charge in [0.2, 0.25) is 0 Å². The number of hydrogen-bond donors (Lipinski definition) is 1. The van der Waals surface area contributed by atoms with Crippen molar-refractivity contribution < 1.29 is 0 Å². The molecule has 1 aromatic carbocycles. The molecule has 1 aliphatic heterocycles. The summed E-state index contributed by atoms with van der Waals surface area (Å²) >= 11 is 0. The normalized spacial score (nSPS) is 19.4. The van der Waals surface area contributed by atoms with Gasteiger partial charge in [-0.1, -0.05) is 19.8 Å². The van der Waals surface area contributed by atoms with Gasteiger partial charge in [-0.05, 0) is 48.9 Å². The van der Waals surface area contributed by atoms with Crippen LogP contribution in [0.5, 0.6) is 0 Å². The minimum absolute atomic E-state index is 0.395. The number of nitrogens with two attached hydrogens (primary N) is 1. The maximum atomic E-state index is 8.86. The first-order valence-electron chi connectivity index (χ1n) is 7.75. The Bertz CT molecular complexity index is 476. The molecule has 1 saturated heterocycles. The van der Waals surface area contributed by atoms with Crippen LogP contribution < -0.4 is 10.6 Å². The lowest BCUT2D eigenvalue weighted by Gasteiger charge is -2.24. The van der Waals surface area contributed by atoms with Gasteiger partial charge in [0.25, 0.3) is 0 Å². The van der Waals surface area contributed by atoms with Gasteiger partial charge >= 0.3 is 0 Å². The Kier molecular flexibility index (Phi) is 5.29. The fraction of sp³-hybridized carbons (Fsp3) is 0.588. The fourth-order valence-corrected chi connectivity index (χ4v) is 3.15. The maximum absolute atomic E-state index is 8.86. The molecular formula is C17H25N3. The molecule has 0 saturated carbocycles. The third-order valence-corrected chi connectivity index (χ3v) is 4.31. The van der Waals surface area contributed by atoms with E-state index in [0.29, 0.717) is 6.42 Å². The van der Waals surface area contributed by atoms with Crippen LogP contribution in [0.15, 0.2) is 18.2 Å². The number of nitriles is 1. The quantitative estimate of drug-likeness (QED) is 0.849. The van der Waals surface area contributed by atoms with E-state index in [-0.39, 0.29) is 0 Å². The molecule has 0 aliphatic carbocycles. The van der Waals surface area contributed by atoms with E-state index in [0.717, 1.165) is 30.3 Å². The van der Waals surface area contributed by atoms with Crippen LogP contribution in [0.25, 0.3) is 0 Å². The summed E-state index contributed by atoms with van der Waals surface area (Å²) in [7, 11) is 0. The van der Waals surface area contributed by atoms with Crippen LogP contribution in [0.3, 0.4) is 0 Å². The highest BCUT2D eigenvalue weighted by molar-refractivity contribution is 5.59. The van der Waals surface area contributed by atoms with Gasteiger partial charge in [0.1, 0.15) is 0 Å². The van der Waals surface area contributed by atoms with Gasteiger partial charge in [-0.3, -0.25) is 0 Å². The van der Waals surface area contributed by atoms with E-state index >= 15 is 0 Å². The van der Waals surface area contributed by atoms with Gasteiger partial charge in [-0.25, -0.2) is 0 Å². The van der Waals surface area contributed by atoms with Gasteiger partial charge in [0.05, 0.1) is 12.5 Å². The van der Waals surface area contributed by atoms with E-state index in [9.17, 15) is 0 Å². The van der Waals surface area contributed by atoms with Crippen LogP contribution in [0.4, 0.5) is 11.4 Å². The second kappa shape index (κ2) is 7.19. The van der Waals surface area contributed by atoms with Crippen LogP contribution in [-0.4, -0.2) is 13.1 Å². The van der Waals surface area contributed by atoms with Crippen LogP contribution in [-0.2, 0) is 6.42 Å². The average Bonchev–Trinajstić information content (AvgIpc) is 2.68. The number of nitrogens with zero attached hydrogens (tertiary/aromatic N) is 2. The minimum atomic E-state index is 0.395. The Hall–Kier alpha value is -1.69. The van der Waals surface area contributed by atoms with Gasteiger partial charge in [-0.15, -0.1) is 0 Å². The third kappa shape index (κ3) is 3.66. The molecule has 0 aromatic heterocycles. The van der Waals surface area contributed by atoms with Gasteiger partial charge in [-0.2, -0.15) is 5.26 Å².